The zero-order chi connectivity index (χ0) is 95.7. The Bertz CT molecular complexity index is 5010. The van der Waals surface area contributed by atoms with Crippen molar-refractivity contribution in [2.24, 2.45) is 23.1 Å². The normalized spacial score (nSPS) is 23.0. The van der Waals surface area contributed by atoms with Crippen molar-refractivity contribution < 1.29 is 86.6 Å². The molecule has 3 aromatic heterocycles. The smallest absolute Gasteiger partial charge is 0.246 e. The fraction of sp³-hybridized carbons (Fsp3) is 0.511. The summed E-state index contributed by atoms with van der Waals surface area (Å²) in [5, 5.41) is 49.3. The molecule has 0 spiro atoms. The number of nitrogens with one attached hydrogen (secondary N) is 15. The van der Waals surface area contributed by atoms with Crippen molar-refractivity contribution in [1.82, 2.24) is 103 Å². The molecule has 22 N–H and O–H groups in total. The van der Waals surface area contributed by atoms with Crippen molar-refractivity contribution in [2.45, 2.75) is 203 Å². The molecule has 3 aromatic carbocycles. The summed E-state index contributed by atoms with van der Waals surface area (Å²) in [4.78, 5) is 266. The molecule has 710 valence electrons. The molecule has 43 heteroatoms. The highest BCUT2D eigenvalue weighted by Gasteiger charge is 2.44. The van der Waals surface area contributed by atoms with Crippen LogP contribution in [0.15, 0.2) is 104 Å². The molecule has 17 amide bonds. The first-order valence-corrected chi connectivity index (χ1v) is 44.9. The van der Waals surface area contributed by atoms with Crippen LogP contribution in [0.5, 0.6) is 0 Å². The maximum Gasteiger partial charge on any atom is 0.246 e. The first-order chi connectivity index (χ1) is 62.5. The molecule has 2 fully saturated rings. The van der Waals surface area contributed by atoms with Crippen LogP contribution in [0.25, 0.3) is 21.8 Å². The van der Waals surface area contributed by atoms with Gasteiger partial charge in [-0.25, -0.2) is 4.98 Å². The lowest BCUT2D eigenvalue weighted by molar-refractivity contribution is -0.149. The van der Waals surface area contributed by atoms with Gasteiger partial charge in [0.2, 0.25) is 100 Å². The number of hydrogen-bond acceptors (Lipinski definition) is 21. The van der Waals surface area contributed by atoms with Crippen LogP contribution in [-0.4, -0.2) is 307 Å². The molecule has 2 saturated heterocycles. The summed E-state index contributed by atoms with van der Waals surface area (Å²) in [6.07, 6.45) is 6.04. The molecule has 2 aliphatic rings. The second-order valence-electron chi connectivity index (χ2n) is 33.3. The minimum absolute atomic E-state index is 0.00204. The molecule has 0 bridgehead atoms. The van der Waals surface area contributed by atoms with E-state index in [1.54, 1.807) is 105 Å². The summed E-state index contributed by atoms with van der Waals surface area (Å²) in [6.45, 7) is 3.84. The van der Waals surface area contributed by atoms with E-state index in [4.69, 9.17) is 22.6 Å². The van der Waals surface area contributed by atoms with Gasteiger partial charge < -0.3 is 120 Å². The van der Waals surface area contributed by atoms with Gasteiger partial charge in [0.1, 0.15) is 72.5 Å². The van der Waals surface area contributed by atoms with E-state index in [1.807, 2.05) is 13.8 Å². The molecule has 2 aliphatic heterocycles. The summed E-state index contributed by atoms with van der Waals surface area (Å²) in [6, 6.07) is 4.41. The molecule has 12 atom stereocenters. The summed E-state index contributed by atoms with van der Waals surface area (Å²) < 4.78 is 0. The minimum Gasteiger partial charge on any atom is -0.394 e. The number of rotatable bonds is 26. The second kappa shape index (κ2) is 50.5. The van der Waals surface area contributed by atoms with Crippen molar-refractivity contribution in [3.63, 3.8) is 0 Å². The minimum atomic E-state index is -1.85. The maximum atomic E-state index is 15.7. The predicted octanol–water partition coefficient (Wildman–Crippen LogP) is -2.53. The Labute approximate surface area is 762 Å². The number of nitrogens with zero attached hydrogens (tertiary/aromatic N) is 6. The highest BCUT2D eigenvalue weighted by Crippen LogP contribution is 2.26. The number of unbranched alkanes of at least 4 members (excludes halogenated alkanes) is 2. The number of guanidine groups is 1. The number of benzene rings is 3. The molecule has 5 heterocycles. The highest BCUT2D eigenvalue weighted by atomic mass is 32.2. The van der Waals surface area contributed by atoms with Crippen LogP contribution in [0.1, 0.15) is 127 Å². The molecule has 6 aromatic rings. The SMILES string of the molecule is CCCCC1C(=O)N(C)C(CCCC)C(=O)NC(CCCNC(=N)N)C(=O)NC(C(=O)NCC(N)=O)CSCC(=O)NC(Cc2ccccc2)C(=O)N(C)CC(=O)NC(CC(N)=O)C(=O)N2CCCC2C(=O)NC(Cc2cnc[nH]2)C(=O)NC(CC(C)C)C(=O)N(C)CC(=O)NC(Cc2c[nH]c3ccccc23)C(=O)NC(CO)C(=O)NC(Cc2c[nH]c3ccccc23)C(=O)N1C. The summed E-state index contributed by atoms with van der Waals surface area (Å²) in [7, 11) is 5.23. The van der Waals surface area contributed by atoms with Crippen LogP contribution in [0, 0.1) is 11.3 Å². The van der Waals surface area contributed by atoms with Crippen molar-refractivity contribution >= 4 is 140 Å². The molecule has 8 rings (SSSR count). The Morgan fingerprint density at radius 2 is 1.05 bits per heavy atom. The van der Waals surface area contributed by atoms with Crippen LogP contribution >= 0.6 is 11.8 Å². The van der Waals surface area contributed by atoms with Crippen LogP contribution in [0.3, 0.4) is 0 Å². The molecule has 12 unspecified atom stereocenters. The average molecular weight is 1840 g/mol. The number of H-pyrrole nitrogens is 3. The average Bonchev–Trinajstić information content (AvgIpc) is 1.77. The van der Waals surface area contributed by atoms with E-state index in [9.17, 15) is 62.6 Å². The fourth-order valence-electron chi connectivity index (χ4n) is 15.7. The van der Waals surface area contributed by atoms with Crippen LogP contribution < -0.4 is 75.7 Å². The van der Waals surface area contributed by atoms with Gasteiger partial charge in [-0.15, -0.1) is 11.8 Å². The van der Waals surface area contributed by atoms with Gasteiger partial charge in [0.05, 0.1) is 44.7 Å². The lowest BCUT2D eigenvalue weighted by atomic mass is 10.00. The first kappa shape index (κ1) is 103. The van der Waals surface area contributed by atoms with Crippen molar-refractivity contribution in [3.8, 4) is 0 Å². The Morgan fingerprint density at radius 1 is 0.527 bits per heavy atom. The number of carbonyl (C=O) groups is 17. The Morgan fingerprint density at radius 3 is 1.63 bits per heavy atom. The largest absolute Gasteiger partial charge is 0.394 e. The summed E-state index contributed by atoms with van der Waals surface area (Å²) >= 11 is 0.795. The predicted molar refractivity (Wildman–Crippen MR) is 485 cm³/mol. The number of fused-ring (bicyclic) bond motifs is 3. The second-order valence-corrected chi connectivity index (χ2v) is 34.3. The van der Waals surface area contributed by atoms with E-state index in [0.717, 1.165) is 36.3 Å². The van der Waals surface area contributed by atoms with Crippen molar-refractivity contribution in [1.29, 1.82) is 5.41 Å². The van der Waals surface area contributed by atoms with Gasteiger partial charge in [-0.2, -0.15) is 0 Å². The number of likely N-dealkylation sites (N-methyl/N-ethyl adjacent to an activating group) is 4. The van der Waals surface area contributed by atoms with E-state index in [1.165, 1.54) is 40.7 Å². The number of aromatic nitrogens is 4. The van der Waals surface area contributed by atoms with E-state index in [0.29, 0.717) is 69.9 Å². The molecular weight excluding hydrogens is 1710 g/mol. The Hall–Kier alpha value is -13.5. The number of nitrogens with two attached hydrogens (primary N) is 3. The summed E-state index contributed by atoms with van der Waals surface area (Å²) in [5.74, 6) is -17.1. The monoisotopic (exact) mass is 1840 g/mol. The highest BCUT2D eigenvalue weighted by molar-refractivity contribution is 8.00. The third-order valence-electron chi connectivity index (χ3n) is 22.6. The molecule has 0 radical (unpaired) electrons. The van der Waals surface area contributed by atoms with Crippen LogP contribution in [0.4, 0.5) is 0 Å². The van der Waals surface area contributed by atoms with Gasteiger partial charge in [0.25, 0.3) is 0 Å². The number of aliphatic hydroxyl groups is 1. The zero-order valence-electron chi connectivity index (χ0n) is 75.0. The van der Waals surface area contributed by atoms with Gasteiger partial charge >= 0.3 is 0 Å². The molecular formula is C88H124N24O18S. The number of aromatic amines is 3. The Kier molecular flexibility index (Phi) is 39.6. The number of carbonyl (C=O) groups excluding carboxylic acids is 17. The number of thioether (sulfide) groups is 1. The molecule has 131 heavy (non-hydrogen) atoms. The Balaban J connectivity index is 1.17. The lowest BCUT2D eigenvalue weighted by Gasteiger charge is -2.36. The number of aliphatic hydroxyl groups excluding tert-OH is 1. The third-order valence-corrected chi connectivity index (χ3v) is 23.6. The quantitative estimate of drug-likeness (QED) is 0.0151. The van der Waals surface area contributed by atoms with Crippen molar-refractivity contribution in [3.05, 3.63) is 126 Å². The van der Waals surface area contributed by atoms with Crippen LogP contribution in [0.2, 0.25) is 0 Å². The van der Waals surface area contributed by atoms with E-state index >= 15 is 24.0 Å². The van der Waals surface area contributed by atoms with Gasteiger partial charge in [0.15, 0.2) is 5.96 Å². The lowest BCUT2D eigenvalue weighted by Crippen LogP contribution is -2.61. The number of para-hydroxylation sites is 2. The molecule has 42 nitrogen and oxygen atoms in total. The molecule has 0 saturated carbocycles. The maximum absolute atomic E-state index is 15.7. The third kappa shape index (κ3) is 30.6. The van der Waals surface area contributed by atoms with E-state index in [2.05, 4.69) is 78.4 Å². The zero-order valence-corrected chi connectivity index (χ0v) is 75.8. The number of primary amides is 2. The number of amides is 17. The summed E-state index contributed by atoms with van der Waals surface area (Å²) in [5.41, 5.74) is 20.0. The van der Waals surface area contributed by atoms with Gasteiger partial charge in [-0.3, -0.25) is 86.9 Å². The number of imidazole rings is 1. The van der Waals surface area contributed by atoms with Crippen molar-refractivity contribution in [2.75, 3.05) is 79.0 Å². The van der Waals surface area contributed by atoms with E-state index < -0.39 is 223 Å². The van der Waals surface area contributed by atoms with Gasteiger partial charge in [-0.05, 0) is 79.7 Å². The number of hydrogen-bond donors (Lipinski definition) is 19. The standard InChI is InChI=1S/C88H124N24O18S/c1-9-11-29-68-81(124)102-59(28-20-32-94-88(91)92)77(120)107-67(76(119)97-43-72(90)115)47-131-48-75(118)101-63(35-51-22-14-13-15-23-51)84(127)109(6)45-74(117)100-65(39-71(89)114)86(129)112-33-21-31-69(112)82(125)103-61(38-54-42-93-49-98-54)79(122)104-62(34-50(3)4)83(126)108(5)44-73(116)99-60(36-52-40-95-57-26-18-16-24-55(52)57)78(121)106-66(46-113)80(123)105-64(37-53-41-96-58-27-19-17-25-56(53)58)85(128)111(8)70(30-12-10-2)87(130)110(68)7/h13-19,22-27,40-42,49-50,59-70,95-96,113H,9-12,20-21,28-39,43-48H2,1-8H3,(H2,89,114)(H2,90,115)(H,93,98)(H,97,119)(H,99,116)(H,100,117)(H,101,118)(H,102,124)(H,103,125)(H,104,122)(H,105,123)(H,106,121)(H,107,120)(H4,91,92,94). The fourth-order valence-corrected chi connectivity index (χ4v) is 16.5. The van der Waals surface area contributed by atoms with Crippen LogP contribution in [-0.2, 0) is 107 Å². The first-order valence-electron chi connectivity index (χ1n) is 43.8. The van der Waals surface area contributed by atoms with Gasteiger partial charge in [0, 0.05) is 119 Å². The van der Waals surface area contributed by atoms with Gasteiger partial charge in [-0.1, -0.05) is 120 Å². The van der Waals surface area contributed by atoms with E-state index in [-0.39, 0.29) is 89.6 Å². The topological polar surface area (TPSA) is 621 Å². The molecule has 0 aliphatic carbocycles.